The Hall–Kier alpha value is -2.60. The molecule has 144 valence electrons. The van der Waals surface area contributed by atoms with Crippen molar-refractivity contribution in [3.8, 4) is 0 Å². The fraction of sp³-hybridized carbons (Fsp3) is 0.429. The van der Waals surface area contributed by atoms with Crippen molar-refractivity contribution in [2.24, 2.45) is 0 Å². The zero-order valence-electron chi connectivity index (χ0n) is 16.2. The molecule has 1 aliphatic rings. The average Bonchev–Trinajstić information content (AvgIpc) is 2.68. The molecular weight excluding hydrogens is 340 g/mol. The monoisotopic (exact) mass is 368 g/mol. The maximum absolute atomic E-state index is 11.2. The zero-order valence-corrected chi connectivity index (χ0v) is 16.2. The van der Waals surface area contributed by atoms with E-state index in [2.05, 4.69) is 53.1 Å². The summed E-state index contributed by atoms with van der Waals surface area (Å²) >= 11 is 0. The van der Waals surface area contributed by atoms with Gasteiger partial charge >= 0.3 is 0 Å². The van der Waals surface area contributed by atoms with Gasteiger partial charge in [0.25, 0.3) is 5.69 Å². The Morgan fingerprint density at radius 3 is 2.30 bits per heavy atom. The van der Waals surface area contributed by atoms with Crippen LogP contribution in [0.4, 0.5) is 17.1 Å². The molecule has 0 N–H and O–H groups in total. The highest BCUT2D eigenvalue weighted by Crippen LogP contribution is 2.28. The quantitative estimate of drug-likeness (QED) is 0.554. The van der Waals surface area contributed by atoms with Crippen LogP contribution in [0.2, 0.25) is 0 Å². The van der Waals surface area contributed by atoms with Crippen molar-refractivity contribution in [2.75, 3.05) is 56.6 Å². The number of non-ortho nitro benzene ring substituents is 1. The second-order valence-corrected chi connectivity index (χ2v) is 7.29. The number of nitro benzene ring substituents is 1. The molecule has 0 spiro atoms. The highest BCUT2D eigenvalue weighted by molar-refractivity contribution is 5.59. The first-order chi connectivity index (χ1) is 13.0. The molecule has 0 bridgehead atoms. The van der Waals surface area contributed by atoms with Gasteiger partial charge in [0.1, 0.15) is 0 Å². The number of nitrogens with zero attached hydrogens (tertiary/aromatic N) is 4. The largest absolute Gasteiger partial charge is 0.368 e. The predicted octanol–water partition coefficient (Wildman–Crippen LogP) is 3.42. The molecule has 1 heterocycles. The minimum atomic E-state index is -0.299. The van der Waals surface area contributed by atoms with Gasteiger partial charge in [-0.15, -0.1) is 0 Å². The minimum absolute atomic E-state index is 0.182. The standard InChI is InChI=1S/C21H28N4O2/c1-22(2)12-6-7-18-17-20(25(26)27)10-11-21(18)24-15-13-23(14-16-24)19-8-4-3-5-9-19/h3-5,8-11,17H,6-7,12-16H2,1-2H3. The number of benzene rings is 2. The molecule has 0 radical (unpaired) electrons. The predicted molar refractivity (Wildman–Crippen MR) is 111 cm³/mol. The molecule has 2 aromatic rings. The van der Waals surface area contributed by atoms with Crippen LogP contribution < -0.4 is 9.80 Å². The van der Waals surface area contributed by atoms with Crippen molar-refractivity contribution in [3.63, 3.8) is 0 Å². The summed E-state index contributed by atoms with van der Waals surface area (Å²) in [4.78, 5) is 17.8. The van der Waals surface area contributed by atoms with E-state index in [-0.39, 0.29) is 10.6 Å². The lowest BCUT2D eigenvalue weighted by Crippen LogP contribution is -2.46. The van der Waals surface area contributed by atoms with Crippen LogP contribution in [-0.2, 0) is 6.42 Å². The van der Waals surface area contributed by atoms with Gasteiger partial charge in [-0.05, 0) is 57.2 Å². The Balaban J connectivity index is 1.72. The van der Waals surface area contributed by atoms with Crippen molar-refractivity contribution in [3.05, 3.63) is 64.2 Å². The Bertz CT molecular complexity index is 756. The van der Waals surface area contributed by atoms with E-state index in [0.717, 1.165) is 56.8 Å². The van der Waals surface area contributed by atoms with Crippen LogP contribution in [0.1, 0.15) is 12.0 Å². The number of hydrogen-bond acceptors (Lipinski definition) is 5. The van der Waals surface area contributed by atoms with E-state index in [9.17, 15) is 10.1 Å². The van der Waals surface area contributed by atoms with Crippen LogP contribution in [0.25, 0.3) is 0 Å². The second kappa shape index (κ2) is 8.86. The van der Waals surface area contributed by atoms with Crippen LogP contribution in [0.15, 0.2) is 48.5 Å². The van der Waals surface area contributed by atoms with Crippen LogP contribution >= 0.6 is 0 Å². The summed E-state index contributed by atoms with van der Waals surface area (Å²) in [5.41, 5.74) is 3.67. The van der Waals surface area contributed by atoms with Gasteiger partial charge in [-0.3, -0.25) is 10.1 Å². The van der Waals surface area contributed by atoms with Gasteiger partial charge in [-0.25, -0.2) is 0 Å². The topological polar surface area (TPSA) is 52.9 Å². The summed E-state index contributed by atoms with van der Waals surface area (Å²) in [5.74, 6) is 0. The fourth-order valence-electron chi connectivity index (χ4n) is 3.62. The van der Waals surface area contributed by atoms with E-state index < -0.39 is 0 Å². The first-order valence-electron chi connectivity index (χ1n) is 9.51. The van der Waals surface area contributed by atoms with Gasteiger partial charge in [-0.1, -0.05) is 18.2 Å². The molecule has 2 aromatic carbocycles. The van der Waals surface area contributed by atoms with Gasteiger partial charge in [-0.2, -0.15) is 0 Å². The second-order valence-electron chi connectivity index (χ2n) is 7.29. The summed E-state index contributed by atoms with van der Waals surface area (Å²) in [6, 6.07) is 15.8. The van der Waals surface area contributed by atoms with Crippen LogP contribution in [-0.4, -0.2) is 56.6 Å². The molecule has 1 saturated heterocycles. The molecule has 0 atom stereocenters. The van der Waals surface area contributed by atoms with E-state index in [1.807, 2.05) is 12.1 Å². The van der Waals surface area contributed by atoms with Crippen molar-refractivity contribution < 1.29 is 4.92 Å². The van der Waals surface area contributed by atoms with E-state index in [1.165, 1.54) is 5.69 Å². The summed E-state index contributed by atoms with van der Waals surface area (Å²) < 4.78 is 0. The molecular formula is C21H28N4O2. The molecule has 0 aliphatic carbocycles. The normalized spacial score (nSPS) is 14.6. The summed E-state index contributed by atoms with van der Waals surface area (Å²) in [7, 11) is 4.11. The highest BCUT2D eigenvalue weighted by Gasteiger charge is 2.21. The lowest BCUT2D eigenvalue weighted by Gasteiger charge is -2.38. The molecule has 0 amide bonds. The Kier molecular flexibility index (Phi) is 6.29. The van der Waals surface area contributed by atoms with Gasteiger partial charge in [0, 0.05) is 49.7 Å². The number of hydrogen-bond donors (Lipinski definition) is 0. The zero-order chi connectivity index (χ0) is 19.2. The molecule has 6 nitrogen and oxygen atoms in total. The van der Waals surface area contributed by atoms with E-state index in [4.69, 9.17) is 0 Å². The Morgan fingerprint density at radius 1 is 1.00 bits per heavy atom. The van der Waals surface area contributed by atoms with Crippen molar-refractivity contribution in [1.82, 2.24) is 4.90 Å². The lowest BCUT2D eigenvalue weighted by molar-refractivity contribution is -0.384. The third-order valence-corrected chi connectivity index (χ3v) is 5.07. The highest BCUT2D eigenvalue weighted by atomic mass is 16.6. The van der Waals surface area contributed by atoms with Gasteiger partial charge < -0.3 is 14.7 Å². The van der Waals surface area contributed by atoms with E-state index in [1.54, 1.807) is 12.1 Å². The molecule has 1 fully saturated rings. The number of aryl methyl sites for hydroxylation is 1. The maximum Gasteiger partial charge on any atom is 0.269 e. The summed E-state index contributed by atoms with van der Waals surface area (Å²) in [5, 5.41) is 11.2. The lowest BCUT2D eigenvalue weighted by atomic mass is 10.0. The van der Waals surface area contributed by atoms with Gasteiger partial charge in [0.2, 0.25) is 0 Å². The minimum Gasteiger partial charge on any atom is -0.368 e. The molecule has 6 heteroatoms. The number of rotatable bonds is 7. The first kappa shape index (κ1) is 19.2. The molecule has 27 heavy (non-hydrogen) atoms. The van der Waals surface area contributed by atoms with Crippen molar-refractivity contribution >= 4 is 17.1 Å². The first-order valence-corrected chi connectivity index (χ1v) is 9.51. The van der Waals surface area contributed by atoms with Crippen LogP contribution in [0.3, 0.4) is 0 Å². The van der Waals surface area contributed by atoms with E-state index >= 15 is 0 Å². The van der Waals surface area contributed by atoms with Gasteiger partial charge in [0.05, 0.1) is 4.92 Å². The SMILES string of the molecule is CN(C)CCCc1cc([N+](=O)[O-])ccc1N1CCN(c2ccccc2)CC1. The molecule has 0 saturated carbocycles. The molecule has 3 rings (SSSR count). The van der Waals surface area contributed by atoms with Crippen molar-refractivity contribution in [2.45, 2.75) is 12.8 Å². The number of nitro groups is 1. The van der Waals surface area contributed by atoms with Crippen LogP contribution in [0.5, 0.6) is 0 Å². The van der Waals surface area contributed by atoms with Crippen molar-refractivity contribution in [1.29, 1.82) is 0 Å². The summed E-state index contributed by atoms with van der Waals surface area (Å²) in [6.07, 6.45) is 1.85. The number of para-hydroxylation sites is 1. The average molecular weight is 368 g/mol. The maximum atomic E-state index is 11.2. The van der Waals surface area contributed by atoms with Gasteiger partial charge in [0.15, 0.2) is 0 Å². The molecule has 1 aliphatic heterocycles. The number of piperazine rings is 1. The van der Waals surface area contributed by atoms with E-state index in [0.29, 0.717) is 0 Å². The smallest absolute Gasteiger partial charge is 0.269 e. The number of anilines is 2. The van der Waals surface area contributed by atoms with Crippen LogP contribution in [0, 0.1) is 10.1 Å². The third-order valence-electron chi connectivity index (χ3n) is 5.07. The Labute approximate surface area is 161 Å². The Morgan fingerprint density at radius 2 is 1.67 bits per heavy atom. The molecule has 0 aromatic heterocycles. The fourth-order valence-corrected chi connectivity index (χ4v) is 3.62. The third kappa shape index (κ3) is 4.98. The summed E-state index contributed by atoms with van der Waals surface area (Å²) in [6.45, 7) is 4.74. The molecule has 0 unspecified atom stereocenters.